The fourth-order valence-corrected chi connectivity index (χ4v) is 3.38. The normalized spacial score (nSPS) is 18.0. The van der Waals surface area contributed by atoms with E-state index in [-0.39, 0.29) is 11.9 Å². The maximum absolute atomic E-state index is 12.8. The van der Waals surface area contributed by atoms with Gasteiger partial charge in [0.2, 0.25) is 5.95 Å². The summed E-state index contributed by atoms with van der Waals surface area (Å²) in [6.45, 7) is 5.44. The van der Waals surface area contributed by atoms with Crippen molar-refractivity contribution in [2.75, 3.05) is 38.3 Å². The van der Waals surface area contributed by atoms with Gasteiger partial charge in [-0.15, -0.1) is 0 Å². The maximum atomic E-state index is 12.8. The lowest BCUT2D eigenvalue weighted by Gasteiger charge is -2.26. The standard InChI is InChI=1S/C19H22N4O3/c1-13(14-3-5-15(25-2)6-4-14)23-12-17-16(18(23)24)11-20-19(21-17)22-7-9-26-10-8-22/h3-6,11,13H,7-10,12H2,1-2H3/t13-/m0/s1. The second kappa shape index (κ2) is 6.92. The van der Waals surface area contributed by atoms with E-state index in [4.69, 9.17) is 9.47 Å². The molecule has 1 saturated heterocycles. The Kier molecular flexibility index (Phi) is 4.46. The highest BCUT2D eigenvalue weighted by Crippen LogP contribution is 2.31. The van der Waals surface area contributed by atoms with Gasteiger partial charge in [0.05, 0.1) is 44.2 Å². The summed E-state index contributed by atoms with van der Waals surface area (Å²) >= 11 is 0. The number of benzene rings is 1. The van der Waals surface area contributed by atoms with Crippen LogP contribution >= 0.6 is 0 Å². The van der Waals surface area contributed by atoms with Crippen molar-refractivity contribution in [2.24, 2.45) is 0 Å². The van der Waals surface area contributed by atoms with Crippen LogP contribution in [-0.2, 0) is 11.3 Å². The largest absolute Gasteiger partial charge is 0.497 e. The van der Waals surface area contributed by atoms with Gasteiger partial charge in [-0.05, 0) is 24.6 Å². The molecule has 1 aromatic heterocycles. The second-order valence-electron chi connectivity index (χ2n) is 6.51. The predicted octanol–water partition coefficient (Wildman–Crippen LogP) is 2.04. The molecule has 26 heavy (non-hydrogen) atoms. The van der Waals surface area contributed by atoms with E-state index >= 15 is 0 Å². The first-order valence-corrected chi connectivity index (χ1v) is 8.81. The average molecular weight is 354 g/mol. The summed E-state index contributed by atoms with van der Waals surface area (Å²) in [6.07, 6.45) is 1.66. The number of aromatic nitrogens is 2. The predicted molar refractivity (Wildman–Crippen MR) is 96.3 cm³/mol. The third kappa shape index (κ3) is 2.99. The molecular weight excluding hydrogens is 332 g/mol. The fourth-order valence-electron chi connectivity index (χ4n) is 3.38. The van der Waals surface area contributed by atoms with Crippen LogP contribution in [-0.4, -0.2) is 54.2 Å². The van der Waals surface area contributed by atoms with Gasteiger partial charge >= 0.3 is 0 Å². The van der Waals surface area contributed by atoms with E-state index in [0.29, 0.717) is 31.3 Å². The van der Waals surface area contributed by atoms with Gasteiger partial charge in [0.15, 0.2) is 0 Å². The van der Waals surface area contributed by atoms with Crippen LogP contribution in [0.15, 0.2) is 30.5 Å². The van der Waals surface area contributed by atoms with Crippen LogP contribution in [0.3, 0.4) is 0 Å². The van der Waals surface area contributed by atoms with Gasteiger partial charge in [0, 0.05) is 19.3 Å². The molecule has 2 aromatic rings. The molecule has 0 saturated carbocycles. The van der Waals surface area contributed by atoms with Crippen LogP contribution < -0.4 is 9.64 Å². The summed E-state index contributed by atoms with van der Waals surface area (Å²) in [5.74, 6) is 1.47. The number of amides is 1. The Morgan fingerprint density at radius 1 is 1.19 bits per heavy atom. The highest BCUT2D eigenvalue weighted by molar-refractivity contribution is 5.97. The molecule has 0 N–H and O–H groups in total. The number of hydrogen-bond donors (Lipinski definition) is 0. The molecule has 4 rings (SSSR count). The lowest BCUT2D eigenvalue weighted by molar-refractivity contribution is 0.0715. The number of anilines is 1. The lowest BCUT2D eigenvalue weighted by atomic mass is 10.1. The second-order valence-corrected chi connectivity index (χ2v) is 6.51. The van der Waals surface area contributed by atoms with Crippen LogP contribution in [0.25, 0.3) is 0 Å². The van der Waals surface area contributed by atoms with E-state index < -0.39 is 0 Å². The van der Waals surface area contributed by atoms with Crippen LogP contribution in [0.2, 0.25) is 0 Å². The van der Waals surface area contributed by atoms with E-state index in [2.05, 4.69) is 14.9 Å². The number of methoxy groups -OCH3 is 1. The smallest absolute Gasteiger partial charge is 0.258 e. The lowest BCUT2D eigenvalue weighted by Crippen LogP contribution is -2.37. The van der Waals surface area contributed by atoms with Gasteiger partial charge in [0.1, 0.15) is 5.75 Å². The number of hydrogen-bond acceptors (Lipinski definition) is 6. The zero-order chi connectivity index (χ0) is 18.1. The number of rotatable bonds is 4. The van der Waals surface area contributed by atoms with Gasteiger partial charge in [-0.3, -0.25) is 4.79 Å². The Morgan fingerprint density at radius 3 is 2.62 bits per heavy atom. The van der Waals surface area contributed by atoms with Gasteiger partial charge in [-0.1, -0.05) is 12.1 Å². The highest BCUT2D eigenvalue weighted by atomic mass is 16.5. The van der Waals surface area contributed by atoms with Crippen molar-refractivity contribution in [3.05, 3.63) is 47.3 Å². The first-order chi connectivity index (χ1) is 12.7. The summed E-state index contributed by atoms with van der Waals surface area (Å²) < 4.78 is 10.6. The van der Waals surface area contributed by atoms with Crippen LogP contribution in [0, 0.1) is 0 Å². The van der Waals surface area contributed by atoms with Gasteiger partial charge in [-0.2, -0.15) is 0 Å². The molecule has 0 aliphatic carbocycles. The number of morpholine rings is 1. The number of fused-ring (bicyclic) bond motifs is 1. The Hall–Kier alpha value is -2.67. The van der Waals surface area contributed by atoms with Gasteiger partial charge < -0.3 is 19.3 Å². The zero-order valence-corrected chi connectivity index (χ0v) is 15.0. The Bertz CT molecular complexity index is 803. The first-order valence-electron chi connectivity index (χ1n) is 8.81. The molecular formula is C19H22N4O3. The minimum atomic E-state index is -0.0468. The minimum absolute atomic E-state index is 0.0168. The van der Waals surface area contributed by atoms with Crippen molar-refractivity contribution in [3.63, 3.8) is 0 Å². The van der Waals surface area contributed by atoms with E-state index in [0.717, 1.165) is 30.1 Å². The van der Waals surface area contributed by atoms with E-state index in [1.165, 1.54) is 0 Å². The fraction of sp³-hybridized carbons (Fsp3) is 0.421. The molecule has 0 radical (unpaired) electrons. The first kappa shape index (κ1) is 16.8. The number of carbonyl (C=O) groups is 1. The van der Waals surface area contributed by atoms with Crippen molar-refractivity contribution in [2.45, 2.75) is 19.5 Å². The van der Waals surface area contributed by atoms with Crippen molar-refractivity contribution in [1.29, 1.82) is 0 Å². The van der Waals surface area contributed by atoms with Crippen LogP contribution in [0.1, 0.15) is 34.6 Å². The average Bonchev–Trinajstić information content (AvgIpc) is 3.04. The molecule has 2 aliphatic heterocycles. The number of carbonyl (C=O) groups excluding carboxylic acids is 1. The SMILES string of the molecule is COc1ccc([C@H](C)N2Cc3nc(N4CCOCC4)ncc3C2=O)cc1. The minimum Gasteiger partial charge on any atom is -0.497 e. The van der Waals surface area contributed by atoms with Gasteiger partial charge in [-0.25, -0.2) is 9.97 Å². The molecule has 1 aromatic carbocycles. The van der Waals surface area contributed by atoms with E-state index in [1.54, 1.807) is 13.3 Å². The Balaban J connectivity index is 1.54. The molecule has 0 bridgehead atoms. The van der Waals surface area contributed by atoms with E-state index in [1.807, 2.05) is 36.1 Å². The number of ether oxygens (including phenoxy) is 2. The molecule has 7 nitrogen and oxygen atoms in total. The molecule has 136 valence electrons. The van der Waals surface area contributed by atoms with Crippen molar-refractivity contribution in [3.8, 4) is 5.75 Å². The Morgan fingerprint density at radius 2 is 1.92 bits per heavy atom. The molecule has 1 fully saturated rings. The Labute approximate surface area is 152 Å². The third-order valence-corrected chi connectivity index (χ3v) is 5.03. The van der Waals surface area contributed by atoms with Crippen molar-refractivity contribution in [1.82, 2.24) is 14.9 Å². The summed E-state index contributed by atoms with van der Waals surface area (Å²) in [7, 11) is 1.64. The maximum Gasteiger partial charge on any atom is 0.258 e. The molecule has 1 amide bonds. The van der Waals surface area contributed by atoms with Crippen LogP contribution in [0.5, 0.6) is 5.75 Å². The quantitative estimate of drug-likeness (QED) is 0.837. The molecule has 7 heteroatoms. The molecule has 3 heterocycles. The van der Waals surface area contributed by atoms with Crippen molar-refractivity contribution < 1.29 is 14.3 Å². The third-order valence-electron chi connectivity index (χ3n) is 5.03. The number of nitrogens with zero attached hydrogens (tertiary/aromatic N) is 4. The van der Waals surface area contributed by atoms with Gasteiger partial charge in [0.25, 0.3) is 5.91 Å². The topological polar surface area (TPSA) is 67.8 Å². The van der Waals surface area contributed by atoms with E-state index in [9.17, 15) is 4.79 Å². The molecule has 2 aliphatic rings. The molecule has 1 atom stereocenters. The monoisotopic (exact) mass is 354 g/mol. The molecule has 0 unspecified atom stereocenters. The van der Waals surface area contributed by atoms with Crippen molar-refractivity contribution >= 4 is 11.9 Å². The summed E-state index contributed by atoms with van der Waals surface area (Å²) in [5.41, 5.74) is 2.46. The summed E-state index contributed by atoms with van der Waals surface area (Å²) in [6, 6.07) is 7.76. The zero-order valence-electron chi connectivity index (χ0n) is 15.0. The van der Waals surface area contributed by atoms with Crippen LogP contribution in [0.4, 0.5) is 5.95 Å². The summed E-state index contributed by atoms with van der Waals surface area (Å²) in [5, 5.41) is 0. The molecule has 0 spiro atoms. The highest BCUT2D eigenvalue weighted by Gasteiger charge is 2.33. The summed E-state index contributed by atoms with van der Waals surface area (Å²) in [4.78, 5) is 25.8.